The number of halogens is 1. The molecule has 104 valence electrons. The van der Waals surface area contributed by atoms with Crippen molar-refractivity contribution < 1.29 is 19.4 Å². The maximum Gasteiger partial charge on any atom is 0.339 e. The van der Waals surface area contributed by atoms with Gasteiger partial charge < -0.3 is 14.6 Å². The Bertz CT molecular complexity index is 625. The molecular formula is C15H13BrO4. The molecule has 5 heteroatoms. The van der Waals surface area contributed by atoms with E-state index in [0.29, 0.717) is 5.75 Å². The molecule has 0 bridgehead atoms. The largest absolute Gasteiger partial charge is 0.493 e. The van der Waals surface area contributed by atoms with Crippen LogP contribution < -0.4 is 9.47 Å². The Labute approximate surface area is 125 Å². The molecule has 4 nitrogen and oxygen atoms in total. The van der Waals surface area contributed by atoms with Crippen LogP contribution >= 0.6 is 15.9 Å². The number of para-hydroxylation sites is 1. The molecule has 0 fully saturated rings. The predicted octanol–water partition coefficient (Wildman–Crippen LogP) is 3.73. The number of aromatic carboxylic acids is 1. The topological polar surface area (TPSA) is 55.8 Å². The zero-order chi connectivity index (χ0) is 14.5. The van der Waals surface area contributed by atoms with Gasteiger partial charge in [-0.15, -0.1) is 0 Å². The lowest BCUT2D eigenvalue weighted by Crippen LogP contribution is -2.05. The minimum atomic E-state index is -1.05. The Morgan fingerprint density at radius 3 is 2.60 bits per heavy atom. The summed E-state index contributed by atoms with van der Waals surface area (Å²) in [5, 5.41) is 9.19. The van der Waals surface area contributed by atoms with Gasteiger partial charge in [0.15, 0.2) is 11.5 Å². The Hall–Kier alpha value is -2.01. The van der Waals surface area contributed by atoms with E-state index >= 15 is 0 Å². The predicted molar refractivity (Wildman–Crippen MR) is 78.4 cm³/mol. The van der Waals surface area contributed by atoms with Crippen molar-refractivity contribution in [1.29, 1.82) is 0 Å². The van der Waals surface area contributed by atoms with Crippen LogP contribution in [0.3, 0.4) is 0 Å². The van der Waals surface area contributed by atoms with Crippen molar-refractivity contribution in [3.8, 4) is 11.5 Å². The van der Waals surface area contributed by atoms with Crippen LogP contribution in [-0.4, -0.2) is 18.2 Å². The van der Waals surface area contributed by atoms with Gasteiger partial charge in [0.1, 0.15) is 12.2 Å². The molecule has 0 aromatic heterocycles. The van der Waals surface area contributed by atoms with Gasteiger partial charge in [-0.1, -0.05) is 40.2 Å². The minimum absolute atomic E-state index is 0.0800. The highest BCUT2D eigenvalue weighted by molar-refractivity contribution is 9.10. The Kier molecular flexibility index (Phi) is 4.63. The number of benzene rings is 2. The van der Waals surface area contributed by atoms with Gasteiger partial charge in [0.05, 0.1) is 7.11 Å². The van der Waals surface area contributed by atoms with Crippen molar-refractivity contribution >= 4 is 21.9 Å². The first-order valence-corrected chi connectivity index (χ1v) is 6.69. The molecule has 0 heterocycles. The second-order valence-electron chi connectivity index (χ2n) is 4.02. The van der Waals surface area contributed by atoms with Crippen LogP contribution in [-0.2, 0) is 6.61 Å². The normalized spacial score (nSPS) is 10.1. The molecule has 2 aromatic rings. The van der Waals surface area contributed by atoms with Crippen molar-refractivity contribution in [2.45, 2.75) is 6.61 Å². The van der Waals surface area contributed by atoms with Gasteiger partial charge in [-0.2, -0.15) is 0 Å². The Balaban J connectivity index is 2.29. The molecular weight excluding hydrogens is 324 g/mol. The van der Waals surface area contributed by atoms with Gasteiger partial charge >= 0.3 is 5.97 Å². The molecule has 0 unspecified atom stereocenters. The first-order valence-electron chi connectivity index (χ1n) is 5.90. The van der Waals surface area contributed by atoms with E-state index < -0.39 is 5.97 Å². The number of carboxylic acid groups (broad SMARTS) is 1. The second-order valence-corrected chi connectivity index (χ2v) is 4.88. The average Bonchev–Trinajstić information content (AvgIpc) is 2.46. The molecule has 20 heavy (non-hydrogen) atoms. The summed E-state index contributed by atoms with van der Waals surface area (Å²) in [5.74, 6) is -0.416. The summed E-state index contributed by atoms with van der Waals surface area (Å²) in [7, 11) is 1.48. The summed E-state index contributed by atoms with van der Waals surface area (Å²) in [5.41, 5.74) is 1.01. The Morgan fingerprint density at radius 1 is 1.20 bits per heavy atom. The molecule has 0 aliphatic carbocycles. The van der Waals surface area contributed by atoms with Gasteiger partial charge in [-0.3, -0.25) is 0 Å². The third kappa shape index (κ3) is 3.11. The van der Waals surface area contributed by atoms with E-state index in [2.05, 4.69) is 15.9 Å². The molecule has 0 spiro atoms. The van der Waals surface area contributed by atoms with Gasteiger partial charge in [0.25, 0.3) is 0 Å². The van der Waals surface area contributed by atoms with E-state index in [1.165, 1.54) is 13.2 Å². The number of hydrogen-bond donors (Lipinski definition) is 1. The van der Waals surface area contributed by atoms with Gasteiger partial charge in [0, 0.05) is 10.0 Å². The highest BCUT2D eigenvalue weighted by atomic mass is 79.9. The number of hydrogen-bond acceptors (Lipinski definition) is 3. The van der Waals surface area contributed by atoms with Crippen molar-refractivity contribution in [3.05, 3.63) is 58.1 Å². The summed E-state index contributed by atoms with van der Waals surface area (Å²) in [6.45, 7) is 0.252. The van der Waals surface area contributed by atoms with Crippen LogP contribution in [0.2, 0.25) is 0 Å². The van der Waals surface area contributed by atoms with E-state index in [4.69, 9.17) is 9.47 Å². The maximum atomic E-state index is 11.2. The third-order valence-corrected chi connectivity index (χ3v) is 3.53. The number of carbonyl (C=O) groups is 1. The monoisotopic (exact) mass is 336 g/mol. The molecule has 0 aliphatic heterocycles. The lowest BCUT2D eigenvalue weighted by molar-refractivity contribution is 0.0691. The fourth-order valence-corrected chi connectivity index (χ4v) is 2.16. The molecule has 0 aliphatic rings. The first kappa shape index (κ1) is 14.4. The molecule has 0 atom stereocenters. The molecule has 1 N–H and O–H groups in total. The SMILES string of the molecule is COc1cccc(C(=O)O)c1OCc1ccccc1Br. The molecule has 0 amide bonds. The summed E-state index contributed by atoms with van der Waals surface area (Å²) in [6, 6.07) is 12.4. The lowest BCUT2D eigenvalue weighted by atomic mass is 10.2. The van der Waals surface area contributed by atoms with Crippen LogP contribution in [0.5, 0.6) is 11.5 Å². The fourth-order valence-electron chi connectivity index (χ4n) is 1.76. The van der Waals surface area contributed by atoms with Gasteiger partial charge in [0.2, 0.25) is 0 Å². The van der Waals surface area contributed by atoms with E-state index in [-0.39, 0.29) is 17.9 Å². The standard InChI is InChI=1S/C15H13BrO4/c1-19-13-8-4-6-11(15(17)18)14(13)20-9-10-5-2-3-7-12(10)16/h2-8H,9H2,1H3,(H,17,18). The summed E-state index contributed by atoms with van der Waals surface area (Å²) < 4.78 is 11.7. The number of ether oxygens (including phenoxy) is 2. The van der Waals surface area contributed by atoms with Crippen LogP contribution in [0.4, 0.5) is 0 Å². The Morgan fingerprint density at radius 2 is 1.95 bits per heavy atom. The van der Waals surface area contributed by atoms with Crippen molar-refractivity contribution in [3.63, 3.8) is 0 Å². The van der Waals surface area contributed by atoms with Crippen LogP contribution in [0.15, 0.2) is 46.9 Å². The van der Waals surface area contributed by atoms with E-state index in [9.17, 15) is 9.90 Å². The first-order chi connectivity index (χ1) is 9.63. The second kappa shape index (κ2) is 6.43. The zero-order valence-corrected chi connectivity index (χ0v) is 12.4. The van der Waals surface area contributed by atoms with Crippen LogP contribution in [0.1, 0.15) is 15.9 Å². The van der Waals surface area contributed by atoms with Crippen molar-refractivity contribution in [1.82, 2.24) is 0 Å². The quantitative estimate of drug-likeness (QED) is 0.903. The van der Waals surface area contributed by atoms with Crippen LogP contribution in [0, 0.1) is 0 Å². The summed E-state index contributed by atoms with van der Waals surface area (Å²) >= 11 is 3.43. The van der Waals surface area contributed by atoms with E-state index in [1.54, 1.807) is 12.1 Å². The van der Waals surface area contributed by atoms with Gasteiger partial charge in [-0.05, 0) is 18.2 Å². The molecule has 2 aromatic carbocycles. The molecule has 0 saturated heterocycles. The molecule has 0 saturated carbocycles. The fraction of sp³-hybridized carbons (Fsp3) is 0.133. The lowest BCUT2D eigenvalue weighted by Gasteiger charge is -2.13. The third-order valence-electron chi connectivity index (χ3n) is 2.76. The summed E-state index contributed by atoms with van der Waals surface area (Å²) in [4.78, 5) is 11.2. The molecule has 2 rings (SSSR count). The maximum absolute atomic E-state index is 11.2. The number of methoxy groups -OCH3 is 1. The number of rotatable bonds is 5. The van der Waals surface area contributed by atoms with Gasteiger partial charge in [-0.25, -0.2) is 4.79 Å². The number of carboxylic acids is 1. The van der Waals surface area contributed by atoms with Crippen LogP contribution in [0.25, 0.3) is 0 Å². The zero-order valence-electron chi connectivity index (χ0n) is 10.8. The highest BCUT2D eigenvalue weighted by Gasteiger charge is 2.16. The van der Waals surface area contributed by atoms with Crippen molar-refractivity contribution in [2.75, 3.05) is 7.11 Å². The molecule has 0 radical (unpaired) electrons. The van der Waals surface area contributed by atoms with Crippen molar-refractivity contribution in [2.24, 2.45) is 0 Å². The summed E-state index contributed by atoms with van der Waals surface area (Å²) in [6.07, 6.45) is 0. The smallest absolute Gasteiger partial charge is 0.339 e. The highest BCUT2D eigenvalue weighted by Crippen LogP contribution is 2.32. The van der Waals surface area contributed by atoms with E-state index in [1.807, 2.05) is 24.3 Å². The minimum Gasteiger partial charge on any atom is -0.493 e. The van der Waals surface area contributed by atoms with E-state index in [0.717, 1.165) is 10.0 Å². The average molecular weight is 337 g/mol.